The largest absolute Gasteiger partial charge is 0.490 e. The highest BCUT2D eigenvalue weighted by molar-refractivity contribution is 6.13. The maximum atomic E-state index is 11.5. The number of nitrogens with one attached hydrogen (secondary N) is 2. The number of carbonyl (C=O) groups excluding carboxylic acids is 2. The van der Waals surface area contributed by atoms with Crippen LogP contribution in [0.25, 0.3) is 17.4 Å². The minimum Gasteiger partial charge on any atom is -0.490 e. The number of furan rings is 1. The molecule has 2 heterocycles. The third-order valence-corrected chi connectivity index (χ3v) is 3.29. The number of nitro groups is 1. The van der Waals surface area contributed by atoms with E-state index in [-0.39, 0.29) is 17.1 Å². The number of nitrogens with zero attached hydrogens (tertiary/aromatic N) is 1. The molecule has 1 fully saturated rings. The van der Waals surface area contributed by atoms with Crippen LogP contribution in [-0.4, -0.2) is 24.0 Å². The molecule has 1 saturated heterocycles. The lowest BCUT2D eigenvalue weighted by Crippen LogP contribution is -2.22. The number of hydrogen-bond acceptors (Lipinski definition) is 6. The van der Waals surface area contributed by atoms with Crippen molar-refractivity contribution in [3.8, 4) is 17.1 Å². The zero-order valence-electron chi connectivity index (χ0n) is 12.4. The summed E-state index contributed by atoms with van der Waals surface area (Å²) >= 11 is 0. The van der Waals surface area contributed by atoms with Gasteiger partial charge in [-0.15, -0.1) is 0 Å². The monoisotopic (exact) mass is 329 g/mol. The fourth-order valence-corrected chi connectivity index (χ4v) is 2.20. The SMILES string of the molecule is COc1ccc(-c2ccc(C=C3NC(=O)NC3=O)o2)cc1[N+](=O)[O-]. The minimum atomic E-state index is -0.608. The Morgan fingerprint density at radius 2 is 2.00 bits per heavy atom. The smallest absolute Gasteiger partial charge is 0.326 e. The van der Waals surface area contributed by atoms with E-state index in [1.54, 1.807) is 18.2 Å². The maximum Gasteiger partial charge on any atom is 0.326 e. The third kappa shape index (κ3) is 2.82. The number of carbonyl (C=O) groups is 2. The lowest BCUT2D eigenvalue weighted by Gasteiger charge is -2.03. The first kappa shape index (κ1) is 15.3. The number of hydrogen-bond donors (Lipinski definition) is 2. The van der Waals surface area contributed by atoms with Gasteiger partial charge in [0.05, 0.1) is 12.0 Å². The fourth-order valence-electron chi connectivity index (χ4n) is 2.20. The molecule has 0 bridgehead atoms. The van der Waals surface area contributed by atoms with Crippen LogP contribution in [0.4, 0.5) is 10.5 Å². The first-order valence-corrected chi connectivity index (χ1v) is 6.74. The van der Waals surface area contributed by atoms with Crippen LogP contribution in [0.2, 0.25) is 0 Å². The van der Waals surface area contributed by atoms with Gasteiger partial charge in [-0.1, -0.05) is 0 Å². The fraction of sp³-hybridized carbons (Fsp3) is 0.0667. The molecule has 9 heteroatoms. The average molecular weight is 329 g/mol. The van der Waals surface area contributed by atoms with E-state index >= 15 is 0 Å². The third-order valence-electron chi connectivity index (χ3n) is 3.29. The zero-order chi connectivity index (χ0) is 17.3. The Balaban J connectivity index is 1.92. The normalized spacial score (nSPS) is 15.3. The zero-order valence-corrected chi connectivity index (χ0v) is 12.4. The summed E-state index contributed by atoms with van der Waals surface area (Å²) in [4.78, 5) is 33.0. The highest BCUT2D eigenvalue weighted by atomic mass is 16.6. The lowest BCUT2D eigenvalue weighted by molar-refractivity contribution is -0.385. The highest BCUT2D eigenvalue weighted by Gasteiger charge is 2.23. The van der Waals surface area contributed by atoms with Gasteiger partial charge < -0.3 is 14.5 Å². The number of ether oxygens (including phenoxy) is 1. The molecule has 1 aromatic carbocycles. The molecule has 9 nitrogen and oxygen atoms in total. The van der Waals surface area contributed by atoms with E-state index in [9.17, 15) is 19.7 Å². The van der Waals surface area contributed by atoms with Gasteiger partial charge in [0.15, 0.2) is 5.75 Å². The summed E-state index contributed by atoms with van der Waals surface area (Å²) in [5.41, 5.74) is 0.349. The second kappa shape index (κ2) is 5.88. The molecule has 0 unspecified atom stereocenters. The van der Waals surface area contributed by atoms with Crippen LogP contribution in [0.3, 0.4) is 0 Å². The number of benzene rings is 1. The van der Waals surface area contributed by atoms with Gasteiger partial charge in [0.2, 0.25) is 0 Å². The molecular formula is C15H11N3O6. The van der Waals surface area contributed by atoms with Crippen molar-refractivity contribution < 1.29 is 23.7 Å². The summed E-state index contributed by atoms with van der Waals surface area (Å²) < 4.78 is 10.5. The van der Waals surface area contributed by atoms with E-state index in [1.807, 2.05) is 0 Å². The predicted molar refractivity (Wildman–Crippen MR) is 82.0 cm³/mol. The summed E-state index contributed by atoms with van der Waals surface area (Å²) in [5.74, 6) is 0.272. The molecule has 1 aliphatic heterocycles. The van der Waals surface area contributed by atoms with Crippen LogP contribution in [-0.2, 0) is 4.79 Å². The Kier molecular flexibility index (Phi) is 3.74. The van der Waals surface area contributed by atoms with Crippen LogP contribution in [0.5, 0.6) is 5.75 Å². The highest BCUT2D eigenvalue weighted by Crippen LogP contribution is 2.33. The standard InChI is InChI=1S/C15H11N3O6/c1-23-13-4-2-8(6-11(13)18(21)22)12-5-3-9(24-12)7-10-14(19)17-15(20)16-10/h2-7H,1H3,(H2,16,17,19,20). The molecule has 0 saturated carbocycles. The molecule has 1 aliphatic rings. The molecule has 122 valence electrons. The van der Waals surface area contributed by atoms with Gasteiger partial charge in [0.25, 0.3) is 5.91 Å². The van der Waals surface area contributed by atoms with Gasteiger partial charge in [-0.25, -0.2) is 4.79 Å². The molecule has 3 rings (SSSR count). The Hall–Kier alpha value is -3.62. The van der Waals surface area contributed by atoms with Crippen molar-refractivity contribution >= 4 is 23.7 Å². The van der Waals surface area contributed by atoms with E-state index in [0.29, 0.717) is 17.1 Å². The molecule has 0 aliphatic carbocycles. The van der Waals surface area contributed by atoms with Crippen LogP contribution in [0.15, 0.2) is 40.4 Å². The van der Waals surface area contributed by atoms with Gasteiger partial charge in [0.1, 0.15) is 17.2 Å². The first-order chi connectivity index (χ1) is 11.5. The number of imide groups is 1. The molecule has 0 radical (unpaired) electrons. The number of amides is 3. The van der Waals surface area contributed by atoms with Crippen LogP contribution in [0.1, 0.15) is 5.76 Å². The summed E-state index contributed by atoms with van der Waals surface area (Å²) in [6.07, 6.45) is 1.36. The van der Waals surface area contributed by atoms with E-state index in [4.69, 9.17) is 9.15 Å². The molecular weight excluding hydrogens is 318 g/mol. The van der Waals surface area contributed by atoms with Crippen LogP contribution >= 0.6 is 0 Å². The van der Waals surface area contributed by atoms with Gasteiger partial charge in [-0.05, 0) is 24.3 Å². The second-order valence-electron chi connectivity index (χ2n) is 4.81. The van der Waals surface area contributed by atoms with Gasteiger partial charge >= 0.3 is 11.7 Å². The molecule has 1 aromatic heterocycles. The topological polar surface area (TPSA) is 124 Å². The molecule has 0 atom stereocenters. The molecule has 3 amide bonds. The molecule has 24 heavy (non-hydrogen) atoms. The Labute approximate surface area is 135 Å². The number of nitro benzene ring substituents is 1. The Morgan fingerprint density at radius 3 is 2.62 bits per heavy atom. The quantitative estimate of drug-likeness (QED) is 0.383. The predicted octanol–water partition coefficient (Wildman–Crippen LogP) is 2.04. The summed E-state index contributed by atoms with van der Waals surface area (Å²) in [6, 6.07) is 7.00. The van der Waals surface area contributed by atoms with Gasteiger partial charge in [-0.2, -0.15) is 0 Å². The number of urea groups is 1. The summed E-state index contributed by atoms with van der Waals surface area (Å²) in [7, 11) is 1.35. The van der Waals surface area contributed by atoms with Crippen molar-refractivity contribution in [2.24, 2.45) is 0 Å². The number of rotatable bonds is 4. The van der Waals surface area contributed by atoms with Crippen molar-refractivity contribution in [1.29, 1.82) is 0 Å². The van der Waals surface area contributed by atoms with Crippen molar-refractivity contribution in [1.82, 2.24) is 10.6 Å². The van der Waals surface area contributed by atoms with E-state index in [1.165, 1.54) is 25.3 Å². The van der Waals surface area contributed by atoms with Crippen LogP contribution < -0.4 is 15.4 Å². The first-order valence-electron chi connectivity index (χ1n) is 6.74. The Bertz CT molecular complexity index is 883. The molecule has 2 N–H and O–H groups in total. The van der Waals surface area contributed by atoms with Crippen molar-refractivity contribution in [2.75, 3.05) is 7.11 Å². The van der Waals surface area contributed by atoms with Crippen molar-refractivity contribution in [3.63, 3.8) is 0 Å². The van der Waals surface area contributed by atoms with E-state index in [2.05, 4.69) is 10.6 Å². The second-order valence-corrected chi connectivity index (χ2v) is 4.81. The van der Waals surface area contributed by atoms with Gasteiger partial charge in [0, 0.05) is 17.7 Å². The summed E-state index contributed by atoms with van der Waals surface area (Å²) in [5, 5.41) is 15.5. The molecule has 2 aromatic rings. The van der Waals surface area contributed by atoms with Crippen molar-refractivity contribution in [2.45, 2.75) is 0 Å². The number of methoxy groups -OCH3 is 1. The maximum absolute atomic E-state index is 11.5. The minimum absolute atomic E-state index is 0.0570. The van der Waals surface area contributed by atoms with Crippen LogP contribution in [0, 0.1) is 10.1 Å². The van der Waals surface area contributed by atoms with E-state index < -0.39 is 16.9 Å². The van der Waals surface area contributed by atoms with Crippen molar-refractivity contribution in [3.05, 3.63) is 51.9 Å². The summed E-state index contributed by atoms with van der Waals surface area (Å²) in [6.45, 7) is 0. The lowest BCUT2D eigenvalue weighted by atomic mass is 10.1. The molecule has 0 spiro atoms. The average Bonchev–Trinajstić information content (AvgIpc) is 3.13. The van der Waals surface area contributed by atoms with E-state index in [0.717, 1.165) is 0 Å². The van der Waals surface area contributed by atoms with Gasteiger partial charge in [-0.3, -0.25) is 20.2 Å². The Morgan fingerprint density at radius 1 is 1.21 bits per heavy atom.